The molecule has 96 valence electrons. The summed E-state index contributed by atoms with van der Waals surface area (Å²) in [5.41, 5.74) is 4.41. The number of nitrogens with zero attached hydrogens (tertiary/aromatic N) is 3. The van der Waals surface area contributed by atoms with Gasteiger partial charge in [-0.3, -0.25) is 4.98 Å². The van der Waals surface area contributed by atoms with Crippen LogP contribution in [0.25, 0.3) is 11.0 Å². The Hall–Kier alpha value is -2.36. The lowest BCUT2D eigenvalue weighted by Gasteiger charge is -2.06. The largest absolute Gasteiger partial charge is 0.378 e. The number of anilines is 1. The highest BCUT2D eigenvalue weighted by molar-refractivity contribution is 5.74. The van der Waals surface area contributed by atoms with Crippen molar-refractivity contribution in [1.82, 2.24) is 14.5 Å². The highest BCUT2D eigenvalue weighted by Gasteiger charge is 2.06. The van der Waals surface area contributed by atoms with Gasteiger partial charge in [0.2, 0.25) is 0 Å². The lowest BCUT2D eigenvalue weighted by Crippen LogP contribution is -2.05. The Labute approximate surface area is 112 Å². The van der Waals surface area contributed by atoms with E-state index in [1.807, 2.05) is 19.3 Å². The van der Waals surface area contributed by atoms with E-state index in [4.69, 9.17) is 0 Å². The molecule has 3 aromatic rings. The van der Waals surface area contributed by atoms with Crippen LogP contribution in [0.5, 0.6) is 0 Å². The van der Waals surface area contributed by atoms with Gasteiger partial charge in [0.05, 0.1) is 23.8 Å². The van der Waals surface area contributed by atoms with Crippen LogP contribution in [0.2, 0.25) is 0 Å². The number of hydrogen-bond acceptors (Lipinski definition) is 3. The third-order valence-corrected chi connectivity index (χ3v) is 3.28. The van der Waals surface area contributed by atoms with Crippen molar-refractivity contribution in [3.8, 4) is 0 Å². The molecule has 0 aliphatic carbocycles. The van der Waals surface area contributed by atoms with Gasteiger partial charge in [-0.2, -0.15) is 0 Å². The van der Waals surface area contributed by atoms with Gasteiger partial charge in [0.15, 0.2) is 0 Å². The van der Waals surface area contributed by atoms with Crippen LogP contribution < -0.4 is 5.32 Å². The number of rotatable bonds is 3. The summed E-state index contributed by atoms with van der Waals surface area (Å²) in [5, 5.41) is 3.39. The Morgan fingerprint density at radius 3 is 2.68 bits per heavy atom. The van der Waals surface area contributed by atoms with Crippen LogP contribution in [-0.2, 0) is 13.6 Å². The van der Waals surface area contributed by atoms with Crippen LogP contribution in [0, 0.1) is 6.92 Å². The van der Waals surface area contributed by atoms with E-state index in [0.29, 0.717) is 6.54 Å². The van der Waals surface area contributed by atoms with Gasteiger partial charge in [0.25, 0.3) is 0 Å². The highest BCUT2D eigenvalue weighted by Crippen LogP contribution is 2.15. The number of hydrogen-bond donors (Lipinski definition) is 1. The fourth-order valence-corrected chi connectivity index (χ4v) is 2.10. The molecule has 3 rings (SSSR count). The van der Waals surface area contributed by atoms with E-state index in [9.17, 15) is 0 Å². The Balaban J connectivity index is 1.82. The molecule has 2 aromatic heterocycles. The van der Waals surface area contributed by atoms with Crippen molar-refractivity contribution < 1.29 is 0 Å². The minimum absolute atomic E-state index is 0.703. The van der Waals surface area contributed by atoms with Crippen molar-refractivity contribution in [2.75, 3.05) is 5.32 Å². The summed E-state index contributed by atoms with van der Waals surface area (Å²) < 4.78 is 2.07. The van der Waals surface area contributed by atoms with Crippen LogP contribution in [0.15, 0.2) is 42.7 Å². The normalized spacial score (nSPS) is 10.8. The highest BCUT2D eigenvalue weighted by atomic mass is 15.1. The minimum Gasteiger partial charge on any atom is -0.378 e. The molecule has 0 aliphatic heterocycles. The zero-order valence-corrected chi connectivity index (χ0v) is 11.1. The Bertz CT molecular complexity index is 698. The number of nitrogens with one attached hydrogen (secondary N) is 1. The predicted molar refractivity (Wildman–Crippen MR) is 77.0 cm³/mol. The standard InChI is InChI=1S/C15H16N4/c1-11-3-5-12(6-4-11)17-10-15-18-13-7-8-16-9-14(13)19(15)2/h3-9,17H,10H2,1-2H3. The summed E-state index contributed by atoms with van der Waals surface area (Å²) >= 11 is 0. The lowest BCUT2D eigenvalue weighted by molar-refractivity contribution is 0.833. The first kappa shape index (κ1) is 11.7. The van der Waals surface area contributed by atoms with E-state index in [2.05, 4.69) is 51.0 Å². The lowest BCUT2D eigenvalue weighted by atomic mass is 10.2. The number of benzene rings is 1. The van der Waals surface area contributed by atoms with E-state index in [1.165, 1.54) is 5.56 Å². The second kappa shape index (κ2) is 4.72. The Morgan fingerprint density at radius 1 is 1.16 bits per heavy atom. The topological polar surface area (TPSA) is 42.7 Å². The molecule has 0 unspecified atom stereocenters. The molecular formula is C15H16N4. The van der Waals surface area contributed by atoms with Crippen LogP contribution in [0.4, 0.5) is 5.69 Å². The summed E-state index contributed by atoms with van der Waals surface area (Å²) in [5.74, 6) is 1.00. The summed E-state index contributed by atoms with van der Waals surface area (Å²) in [7, 11) is 2.02. The maximum Gasteiger partial charge on any atom is 0.129 e. The second-order valence-corrected chi connectivity index (χ2v) is 4.67. The summed E-state index contributed by atoms with van der Waals surface area (Å²) in [6.07, 6.45) is 3.62. The van der Waals surface area contributed by atoms with Crippen molar-refractivity contribution in [1.29, 1.82) is 0 Å². The Kier molecular flexibility index (Phi) is 2.91. The van der Waals surface area contributed by atoms with Gasteiger partial charge >= 0.3 is 0 Å². The van der Waals surface area contributed by atoms with Gasteiger partial charge in [-0.05, 0) is 25.1 Å². The molecule has 19 heavy (non-hydrogen) atoms. The molecule has 0 fully saturated rings. The van der Waals surface area contributed by atoms with Crippen molar-refractivity contribution in [3.63, 3.8) is 0 Å². The quantitative estimate of drug-likeness (QED) is 0.779. The molecular weight excluding hydrogens is 236 g/mol. The summed E-state index contributed by atoms with van der Waals surface area (Å²) in [6, 6.07) is 10.3. The van der Waals surface area contributed by atoms with Crippen molar-refractivity contribution in [3.05, 3.63) is 54.1 Å². The molecule has 0 radical (unpaired) electrons. The fourth-order valence-electron chi connectivity index (χ4n) is 2.10. The molecule has 0 atom stereocenters. The van der Waals surface area contributed by atoms with E-state index in [-0.39, 0.29) is 0 Å². The first-order valence-corrected chi connectivity index (χ1v) is 6.30. The zero-order valence-electron chi connectivity index (χ0n) is 11.1. The Morgan fingerprint density at radius 2 is 1.95 bits per heavy atom. The van der Waals surface area contributed by atoms with E-state index in [0.717, 1.165) is 22.5 Å². The number of fused-ring (bicyclic) bond motifs is 1. The first-order valence-electron chi connectivity index (χ1n) is 6.30. The summed E-state index contributed by atoms with van der Waals surface area (Å²) in [6.45, 7) is 2.79. The second-order valence-electron chi connectivity index (χ2n) is 4.67. The van der Waals surface area contributed by atoms with Crippen molar-refractivity contribution in [2.24, 2.45) is 7.05 Å². The molecule has 0 amide bonds. The predicted octanol–water partition coefficient (Wildman–Crippen LogP) is 2.89. The smallest absolute Gasteiger partial charge is 0.129 e. The van der Waals surface area contributed by atoms with Gasteiger partial charge in [0.1, 0.15) is 5.82 Å². The number of imidazole rings is 1. The minimum atomic E-state index is 0.703. The van der Waals surface area contributed by atoms with Gasteiger partial charge < -0.3 is 9.88 Å². The van der Waals surface area contributed by atoms with Crippen LogP contribution in [0.3, 0.4) is 0 Å². The molecule has 2 heterocycles. The molecule has 0 aliphatic rings. The maximum atomic E-state index is 4.61. The fraction of sp³-hybridized carbons (Fsp3) is 0.200. The number of aromatic nitrogens is 3. The van der Waals surface area contributed by atoms with Crippen LogP contribution >= 0.6 is 0 Å². The van der Waals surface area contributed by atoms with Gasteiger partial charge in [-0.25, -0.2) is 4.98 Å². The van der Waals surface area contributed by atoms with Crippen molar-refractivity contribution >= 4 is 16.7 Å². The third-order valence-electron chi connectivity index (χ3n) is 3.28. The number of pyridine rings is 1. The average molecular weight is 252 g/mol. The summed E-state index contributed by atoms with van der Waals surface area (Å²) in [4.78, 5) is 8.74. The maximum absolute atomic E-state index is 4.61. The molecule has 4 heteroatoms. The molecule has 0 saturated heterocycles. The number of aryl methyl sites for hydroxylation is 2. The monoisotopic (exact) mass is 252 g/mol. The molecule has 1 N–H and O–H groups in total. The molecule has 4 nitrogen and oxygen atoms in total. The van der Waals surface area contributed by atoms with Crippen LogP contribution in [0.1, 0.15) is 11.4 Å². The van der Waals surface area contributed by atoms with E-state index < -0.39 is 0 Å². The SMILES string of the molecule is Cc1ccc(NCc2nc3ccncc3n2C)cc1. The van der Waals surface area contributed by atoms with Crippen LogP contribution in [-0.4, -0.2) is 14.5 Å². The van der Waals surface area contributed by atoms with Gasteiger partial charge in [0, 0.05) is 18.9 Å². The van der Waals surface area contributed by atoms with E-state index >= 15 is 0 Å². The zero-order chi connectivity index (χ0) is 13.2. The van der Waals surface area contributed by atoms with Gasteiger partial charge in [-0.15, -0.1) is 0 Å². The van der Waals surface area contributed by atoms with Crippen molar-refractivity contribution in [2.45, 2.75) is 13.5 Å². The molecule has 0 bridgehead atoms. The first-order chi connectivity index (χ1) is 9.24. The molecule has 1 aromatic carbocycles. The average Bonchev–Trinajstić information content (AvgIpc) is 2.76. The van der Waals surface area contributed by atoms with E-state index in [1.54, 1.807) is 6.20 Å². The molecule has 0 spiro atoms. The van der Waals surface area contributed by atoms with Gasteiger partial charge in [-0.1, -0.05) is 17.7 Å². The third kappa shape index (κ3) is 2.29. The molecule has 0 saturated carbocycles.